The van der Waals surface area contributed by atoms with Crippen molar-refractivity contribution >= 4 is 22.9 Å². The molecule has 2 heterocycles. The van der Waals surface area contributed by atoms with Crippen LogP contribution >= 0.6 is 11.3 Å². The zero-order chi connectivity index (χ0) is 16.0. The van der Waals surface area contributed by atoms with E-state index in [1.165, 1.54) is 17.4 Å². The lowest BCUT2D eigenvalue weighted by atomic mass is 9.80. The van der Waals surface area contributed by atoms with E-state index in [4.69, 9.17) is 5.73 Å². The summed E-state index contributed by atoms with van der Waals surface area (Å²) in [7, 11) is 0. The quantitative estimate of drug-likeness (QED) is 0.919. The fourth-order valence-electron chi connectivity index (χ4n) is 4.01. The van der Waals surface area contributed by atoms with Crippen molar-refractivity contribution in [2.75, 3.05) is 11.4 Å². The summed E-state index contributed by atoms with van der Waals surface area (Å²) in [6, 6.07) is 5.02. The van der Waals surface area contributed by atoms with Gasteiger partial charge in [-0.1, -0.05) is 18.9 Å². The Kier molecular flexibility index (Phi) is 3.46. The first-order chi connectivity index (χ1) is 11.1. The van der Waals surface area contributed by atoms with Gasteiger partial charge in [0.25, 0.3) is 5.91 Å². The maximum Gasteiger partial charge on any atom is 0.277 e. The number of benzene rings is 1. The van der Waals surface area contributed by atoms with Gasteiger partial charge >= 0.3 is 0 Å². The second-order valence-electron chi connectivity index (χ2n) is 6.34. The number of nitrogens with zero attached hydrogens (tertiary/aromatic N) is 2. The molecule has 1 aliphatic heterocycles. The first-order valence-corrected chi connectivity index (χ1v) is 8.78. The van der Waals surface area contributed by atoms with E-state index in [-0.39, 0.29) is 17.1 Å². The van der Waals surface area contributed by atoms with Gasteiger partial charge in [-0.25, -0.2) is 9.37 Å². The third-order valence-corrected chi connectivity index (χ3v) is 5.90. The molecular formula is C17H18FN3OS. The molecular weight excluding hydrogens is 313 g/mol. The molecule has 1 aromatic carbocycles. The van der Waals surface area contributed by atoms with Gasteiger partial charge < -0.3 is 10.6 Å². The minimum absolute atomic E-state index is 0.156. The van der Waals surface area contributed by atoms with E-state index in [2.05, 4.69) is 4.98 Å². The van der Waals surface area contributed by atoms with Gasteiger partial charge in [-0.15, -0.1) is 11.3 Å². The average molecular weight is 331 g/mol. The highest BCUT2D eigenvalue weighted by molar-refractivity contribution is 7.09. The molecule has 23 heavy (non-hydrogen) atoms. The van der Waals surface area contributed by atoms with Gasteiger partial charge in [0.2, 0.25) is 0 Å². The molecule has 1 aliphatic carbocycles. The van der Waals surface area contributed by atoms with E-state index >= 15 is 0 Å². The number of carbonyl (C=O) groups is 1. The molecule has 1 amide bonds. The summed E-state index contributed by atoms with van der Waals surface area (Å²) < 4.78 is 14.5. The molecule has 1 spiro atoms. The summed E-state index contributed by atoms with van der Waals surface area (Å²) in [5, 5.41) is 2.48. The number of thiazole rings is 1. The van der Waals surface area contributed by atoms with Crippen LogP contribution in [0, 0.1) is 5.82 Å². The van der Waals surface area contributed by atoms with Crippen LogP contribution in [0.1, 0.15) is 46.7 Å². The smallest absolute Gasteiger partial charge is 0.277 e. The fourth-order valence-corrected chi connectivity index (χ4v) is 4.66. The Bertz CT molecular complexity index is 767. The number of hydrogen-bond acceptors (Lipinski definition) is 4. The van der Waals surface area contributed by atoms with E-state index in [0.717, 1.165) is 36.3 Å². The predicted octanol–water partition coefficient (Wildman–Crippen LogP) is 3.21. The molecule has 2 aromatic rings. The molecule has 4 nitrogen and oxygen atoms in total. The van der Waals surface area contributed by atoms with E-state index in [1.807, 2.05) is 6.07 Å². The lowest BCUT2D eigenvalue weighted by Crippen LogP contribution is -2.35. The summed E-state index contributed by atoms with van der Waals surface area (Å²) in [6.45, 7) is 0.880. The number of amides is 1. The number of anilines is 1. The topological polar surface area (TPSA) is 59.2 Å². The van der Waals surface area contributed by atoms with Crippen molar-refractivity contribution in [3.8, 4) is 0 Å². The third-order valence-electron chi connectivity index (χ3n) is 5.02. The van der Waals surface area contributed by atoms with Crippen molar-refractivity contribution < 1.29 is 9.18 Å². The van der Waals surface area contributed by atoms with Crippen molar-refractivity contribution in [2.24, 2.45) is 5.73 Å². The van der Waals surface area contributed by atoms with Crippen molar-refractivity contribution in [3.63, 3.8) is 0 Å². The molecule has 1 fully saturated rings. The number of hydrogen-bond donors (Lipinski definition) is 1. The highest BCUT2D eigenvalue weighted by atomic mass is 32.1. The average Bonchev–Trinajstić information content (AvgIpc) is 3.27. The monoisotopic (exact) mass is 331 g/mol. The lowest BCUT2D eigenvalue weighted by molar-refractivity contribution is 0.0980. The van der Waals surface area contributed by atoms with E-state index < -0.39 is 0 Å². The zero-order valence-corrected chi connectivity index (χ0v) is 13.5. The highest BCUT2D eigenvalue weighted by Gasteiger charge is 2.48. The van der Waals surface area contributed by atoms with Gasteiger partial charge in [0.05, 0.1) is 5.69 Å². The largest absolute Gasteiger partial charge is 0.325 e. The molecule has 120 valence electrons. The van der Waals surface area contributed by atoms with Gasteiger partial charge in [-0.05, 0) is 25.0 Å². The van der Waals surface area contributed by atoms with Crippen LogP contribution in [0.3, 0.4) is 0 Å². The molecule has 0 radical (unpaired) electrons. The Morgan fingerprint density at radius 1 is 1.39 bits per heavy atom. The SMILES string of the molecule is NCc1nc(C(=O)N2CC3(CCCC3)c3c(F)cccc32)cs1. The number of nitrogens with two attached hydrogens (primary N) is 1. The molecule has 0 unspecified atom stereocenters. The summed E-state index contributed by atoms with van der Waals surface area (Å²) in [4.78, 5) is 18.9. The molecule has 2 aliphatic rings. The lowest BCUT2D eigenvalue weighted by Gasteiger charge is -2.24. The van der Waals surface area contributed by atoms with Crippen LogP contribution in [0.4, 0.5) is 10.1 Å². The van der Waals surface area contributed by atoms with Gasteiger partial charge in [0, 0.05) is 29.4 Å². The van der Waals surface area contributed by atoms with Crippen LogP contribution < -0.4 is 10.6 Å². The van der Waals surface area contributed by atoms with Gasteiger partial charge in [0.1, 0.15) is 16.5 Å². The molecule has 1 saturated carbocycles. The molecule has 1 aromatic heterocycles. The van der Waals surface area contributed by atoms with Crippen LogP contribution in [-0.4, -0.2) is 17.4 Å². The minimum Gasteiger partial charge on any atom is -0.325 e. The second kappa shape index (κ2) is 5.39. The van der Waals surface area contributed by atoms with Gasteiger partial charge in [0.15, 0.2) is 0 Å². The first kappa shape index (κ1) is 14.8. The third kappa shape index (κ3) is 2.20. The Morgan fingerprint density at radius 3 is 2.87 bits per heavy atom. The van der Waals surface area contributed by atoms with Crippen molar-refractivity contribution in [3.05, 3.63) is 45.7 Å². The maximum atomic E-state index is 14.5. The second-order valence-corrected chi connectivity index (χ2v) is 7.29. The number of aromatic nitrogens is 1. The number of fused-ring (bicyclic) bond motifs is 2. The highest BCUT2D eigenvalue weighted by Crippen LogP contribution is 2.51. The summed E-state index contributed by atoms with van der Waals surface area (Å²) in [6.07, 6.45) is 4.05. The summed E-state index contributed by atoms with van der Waals surface area (Å²) >= 11 is 1.39. The Balaban J connectivity index is 1.76. The summed E-state index contributed by atoms with van der Waals surface area (Å²) in [5.74, 6) is -0.350. The zero-order valence-electron chi connectivity index (χ0n) is 12.7. The van der Waals surface area contributed by atoms with Crippen LogP contribution in [0.15, 0.2) is 23.6 Å². The molecule has 2 N–H and O–H groups in total. The van der Waals surface area contributed by atoms with Crippen LogP contribution in [-0.2, 0) is 12.0 Å². The van der Waals surface area contributed by atoms with E-state index in [1.54, 1.807) is 16.3 Å². The van der Waals surface area contributed by atoms with Gasteiger partial charge in [-0.3, -0.25) is 4.79 Å². The summed E-state index contributed by atoms with van der Waals surface area (Å²) in [5.41, 5.74) is 7.20. The minimum atomic E-state index is -0.219. The van der Waals surface area contributed by atoms with E-state index in [9.17, 15) is 9.18 Å². The molecule has 0 saturated heterocycles. The molecule has 0 atom stereocenters. The maximum absolute atomic E-state index is 14.5. The molecule has 0 bridgehead atoms. The van der Waals surface area contributed by atoms with Crippen LogP contribution in [0.25, 0.3) is 0 Å². The standard InChI is InChI=1S/C17H18FN3OS/c18-11-4-3-5-13-15(11)17(6-1-2-7-17)10-21(13)16(22)12-9-23-14(8-19)20-12/h3-5,9H,1-2,6-8,10,19H2. The van der Waals surface area contributed by atoms with E-state index in [0.29, 0.717) is 24.5 Å². The Hall–Kier alpha value is -1.79. The van der Waals surface area contributed by atoms with Crippen molar-refractivity contribution in [1.29, 1.82) is 0 Å². The Morgan fingerprint density at radius 2 is 2.17 bits per heavy atom. The van der Waals surface area contributed by atoms with Crippen LogP contribution in [0.2, 0.25) is 0 Å². The fraction of sp³-hybridized carbons (Fsp3) is 0.412. The molecule has 6 heteroatoms. The first-order valence-electron chi connectivity index (χ1n) is 7.90. The number of carbonyl (C=O) groups excluding carboxylic acids is 1. The van der Waals surface area contributed by atoms with Crippen molar-refractivity contribution in [1.82, 2.24) is 4.98 Å². The number of rotatable bonds is 2. The van der Waals surface area contributed by atoms with Gasteiger partial charge in [-0.2, -0.15) is 0 Å². The predicted molar refractivity (Wildman–Crippen MR) is 88.2 cm³/mol. The van der Waals surface area contributed by atoms with Crippen molar-refractivity contribution in [2.45, 2.75) is 37.6 Å². The Labute approximate surface area is 138 Å². The normalized spacial score (nSPS) is 18.6. The van der Waals surface area contributed by atoms with Crippen LogP contribution in [0.5, 0.6) is 0 Å². The number of halogens is 1. The molecule has 4 rings (SSSR count).